The number of carbonyl (C=O) groups is 1. The van der Waals surface area contributed by atoms with Gasteiger partial charge in [0.05, 0.1) is 23.3 Å². The molecule has 0 saturated carbocycles. The van der Waals surface area contributed by atoms with Gasteiger partial charge < -0.3 is 10.3 Å². The zero-order valence-corrected chi connectivity index (χ0v) is 16.3. The maximum atomic E-state index is 12.4. The van der Waals surface area contributed by atoms with Crippen LogP contribution in [0, 0.1) is 13.8 Å². The maximum Gasteiger partial charge on any atom is 0.267 e. The number of hydrogen-bond acceptors (Lipinski definition) is 4. The molecule has 146 valence electrons. The molecule has 2 heterocycles. The van der Waals surface area contributed by atoms with Crippen LogP contribution in [0.25, 0.3) is 22.3 Å². The lowest BCUT2D eigenvalue weighted by Gasteiger charge is -2.10. The number of carbonyl (C=O) groups excluding carboxylic acids is 1. The number of amides is 1. The Kier molecular flexibility index (Phi) is 4.95. The summed E-state index contributed by atoms with van der Waals surface area (Å²) in [4.78, 5) is 32.1. The molecule has 0 spiro atoms. The Bertz CT molecular complexity index is 1220. The van der Waals surface area contributed by atoms with Crippen LogP contribution in [0.5, 0.6) is 0 Å². The number of hydrogen-bond donors (Lipinski definition) is 2. The molecule has 0 fully saturated rings. The van der Waals surface area contributed by atoms with Crippen molar-refractivity contribution >= 4 is 16.9 Å². The van der Waals surface area contributed by atoms with Crippen LogP contribution in [-0.4, -0.2) is 25.7 Å². The average molecular weight is 387 g/mol. The van der Waals surface area contributed by atoms with Crippen molar-refractivity contribution in [3.63, 3.8) is 0 Å². The highest BCUT2D eigenvalue weighted by Gasteiger charge is 2.10. The minimum absolute atomic E-state index is 0.155. The van der Waals surface area contributed by atoms with E-state index in [1.807, 2.05) is 56.3 Å². The highest BCUT2D eigenvalue weighted by Crippen LogP contribution is 2.21. The number of aromatic nitrogens is 4. The highest BCUT2D eigenvalue weighted by atomic mass is 16.2. The van der Waals surface area contributed by atoms with Crippen molar-refractivity contribution in [2.24, 2.45) is 0 Å². The molecule has 0 radical (unpaired) electrons. The topological polar surface area (TPSA) is 92.7 Å². The number of benzene rings is 2. The fraction of sp³-hybridized carbons (Fsp3) is 0.182. The number of nitrogens with zero attached hydrogens (tertiary/aromatic N) is 3. The smallest absolute Gasteiger partial charge is 0.267 e. The minimum Gasteiger partial charge on any atom is -0.347 e. The summed E-state index contributed by atoms with van der Waals surface area (Å²) in [5.74, 6) is 0.349. The minimum atomic E-state index is -0.321. The lowest BCUT2D eigenvalue weighted by molar-refractivity contribution is -0.122. The predicted octanol–water partition coefficient (Wildman–Crippen LogP) is 2.72. The molecule has 1 amide bonds. The monoisotopic (exact) mass is 387 g/mol. The number of para-hydroxylation sites is 2. The summed E-state index contributed by atoms with van der Waals surface area (Å²) in [6, 6.07) is 16.9. The van der Waals surface area contributed by atoms with Gasteiger partial charge in [-0.25, -0.2) is 9.67 Å². The first kappa shape index (κ1) is 18.6. The van der Waals surface area contributed by atoms with Crippen LogP contribution >= 0.6 is 0 Å². The van der Waals surface area contributed by atoms with Crippen molar-refractivity contribution in [1.29, 1.82) is 0 Å². The molecule has 2 aromatic carbocycles. The van der Waals surface area contributed by atoms with Crippen molar-refractivity contribution in [3.05, 3.63) is 81.9 Å². The molecule has 4 rings (SSSR count). The maximum absolute atomic E-state index is 12.4. The van der Waals surface area contributed by atoms with E-state index in [0.717, 1.165) is 27.7 Å². The van der Waals surface area contributed by atoms with Crippen LogP contribution < -0.4 is 10.9 Å². The molecule has 0 saturated heterocycles. The molecule has 0 aliphatic rings. The summed E-state index contributed by atoms with van der Waals surface area (Å²) in [6.07, 6.45) is 0. The molecule has 0 aliphatic heterocycles. The summed E-state index contributed by atoms with van der Waals surface area (Å²) in [5.41, 5.74) is 5.21. The highest BCUT2D eigenvalue weighted by molar-refractivity contribution is 5.76. The molecular formula is C22H21N5O2. The Labute approximate surface area is 167 Å². The van der Waals surface area contributed by atoms with E-state index in [1.165, 1.54) is 10.7 Å². The predicted molar refractivity (Wildman–Crippen MR) is 111 cm³/mol. The van der Waals surface area contributed by atoms with Crippen LogP contribution in [0.4, 0.5) is 0 Å². The molecule has 2 aromatic heterocycles. The third kappa shape index (κ3) is 4.08. The first-order valence-electron chi connectivity index (χ1n) is 9.36. The Morgan fingerprint density at radius 1 is 1.10 bits per heavy atom. The molecule has 2 N–H and O–H groups in total. The first-order chi connectivity index (χ1) is 14.0. The van der Waals surface area contributed by atoms with Crippen LogP contribution in [0.15, 0.2) is 59.4 Å². The fourth-order valence-corrected chi connectivity index (χ4v) is 3.18. The van der Waals surface area contributed by atoms with Crippen LogP contribution in [-0.2, 0) is 17.9 Å². The summed E-state index contributed by atoms with van der Waals surface area (Å²) in [7, 11) is 0. The molecule has 4 aromatic rings. The van der Waals surface area contributed by atoms with E-state index in [2.05, 4.69) is 20.4 Å². The van der Waals surface area contributed by atoms with Crippen molar-refractivity contribution in [1.82, 2.24) is 25.1 Å². The second kappa shape index (κ2) is 7.71. The Morgan fingerprint density at radius 3 is 2.76 bits per heavy atom. The number of imidazole rings is 1. The van der Waals surface area contributed by atoms with Gasteiger partial charge in [0.25, 0.3) is 5.56 Å². The first-order valence-corrected chi connectivity index (χ1v) is 9.36. The second-order valence-corrected chi connectivity index (χ2v) is 7.01. The lowest BCUT2D eigenvalue weighted by Crippen LogP contribution is -2.33. The normalized spacial score (nSPS) is 11.0. The van der Waals surface area contributed by atoms with E-state index in [9.17, 15) is 9.59 Å². The standard InChI is InChI=1S/C22H21N5O2/c1-14-7-8-15(2)16(11-14)17-9-10-22(29)27(26-17)13-21(28)23-12-20-24-18-5-3-4-6-19(18)25-20/h3-11H,12-13H2,1-2H3,(H,23,28)(H,24,25). The van der Waals surface area contributed by atoms with Gasteiger partial charge in [0.2, 0.25) is 5.91 Å². The van der Waals surface area contributed by atoms with E-state index in [-0.39, 0.29) is 24.6 Å². The number of H-pyrrole nitrogens is 1. The van der Waals surface area contributed by atoms with Gasteiger partial charge in [-0.2, -0.15) is 5.10 Å². The van der Waals surface area contributed by atoms with Gasteiger partial charge in [0, 0.05) is 11.6 Å². The zero-order chi connectivity index (χ0) is 20.4. The van der Waals surface area contributed by atoms with Crippen LogP contribution in [0.2, 0.25) is 0 Å². The molecule has 29 heavy (non-hydrogen) atoms. The summed E-state index contributed by atoms with van der Waals surface area (Å²) in [5, 5.41) is 7.18. The largest absolute Gasteiger partial charge is 0.347 e. The summed E-state index contributed by atoms with van der Waals surface area (Å²) in [6.45, 7) is 4.09. The second-order valence-electron chi connectivity index (χ2n) is 7.01. The number of fused-ring (bicyclic) bond motifs is 1. The molecule has 0 unspecified atom stereocenters. The number of rotatable bonds is 5. The van der Waals surface area contributed by atoms with Gasteiger partial charge in [0.15, 0.2) is 0 Å². The van der Waals surface area contributed by atoms with Gasteiger partial charge in [-0.3, -0.25) is 9.59 Å². The molecule has 0 aliphatic carbocycles. The molecule has 7 nitrogen and oxygen atoms in total. The summed E-state index contributed by atoms with van der Waals surface area (Å²) >= 11 is 0. The van der Waals surface area contributed by atoms with Gasteiger partial charge in [0.1, 0.15) is 12.4 Å². The number of aryl methyl sites for hydroxylation is 2. The van der Waals surface area contributed by atoms with Gasteiger partial charge in [-0.15, -0.1) is 0 Å². The van der Waals surface area contributed by atoms with Crippen molar-refractivity contribution in [2.75, 3.05) is 0 Å². The van der Waals surface area contributed by atoms with E-state index in [0.29, 0.717) is 11.5 Å². The van der Waals surface area contributed by atoms with Crippen LogP contribution in [0.3, 0.4) is 0 Å². The fourth-order valence-electron chi connectivity index (χ4n) is 3.18. The van der Waals surface area contributed by atoms with Gasteiger partial charge in [-0.1, -0.05) is 29.8 Å². The van der Waals surface area contributed by atoms with Gasteiger partial charge >= 0.3 is 0 Å². The van der Waals surface area contributed by atoms with Crippen molar-refractivity contribution < 1.29 is 4.79 Å². The quantitative estimate of drug-likeness (QED) is 0.551. The number of aromatic amines is 1. The molecule has 0 bridgehead atoms. The van der Waals surface area contributed by atoms with Crippen molar-refractivity contribution in [3.8, 4) is 11.3 Å². The number of nitrogens with one attached hydrogen (secondary N) is 2. The third-order valence-electron chi connectivity index (χ3n) is 4.72. The Balaban J connectivity index is 1.49. The van der Waals surface area contributed by atoms with E-state index < -0.39 is 0 Å². The zero-order valence-electron chi connectivity index (χ0n) is 16.3. The summed E-state index contributed by atoms with van der Waals surface area (Å²) < 4.78 is 1.19. The van der Waals surface area contributed by atoms with E-state index in [1.54, 1.807) is 6.07 Å². The molecule has 0 atom stereocenters. The lowest BCUT2D eigenvalue weighted by atomic mass is 10.0. The molecule has 7 heteroatoms. The van der Waals surface area contributed by atoms with E-state index >= 15 is 0 Å². The van der Waals surface area contributed by atoms with Gasteiger partial charge in [-0.05, 0) is 43.7 Å². The Hall–Kier alpha value is -3.74. The third-order valence-corrected chi connectivity index (χ3v) is 4.72. The van der Waals surface area contributed by atoms with E-state index in [4.69, 9.17) is 0 Å². The Morgan fingerprint density at radius 2 is 1.93 bits per heavy atom. The van der Waals surface area contributed by atoms with Crippen molar-refractivity contribution in [2.45, 2.75) is 26.9 Å². The van der Waals surface area contributed by atoms with Crippen LogP contribution in [0.1, 0.15) is 17.0 Å². The average Bonchev–Trinajstić information content (AvgIpc) is 3.13. The SMILES string of the molecule is Cc1ccc(C)c(-c2ccc(=O)n(CC(=O)NCc3nc4ccccc4[nH]3)n2)c1. The molecular weight excluding hydrogens is 366 g/mol.